The number of benzene rings is 2. The van der Waals surface area contributed by atoms with E-state index in [1.165, 1.54) is 6.07 Å². The van der Waals surface area contributed by atoms with E-state index in [1.54, 1.807) is 0 Å². The molecule has 2 aromatic carbocycles. The Morgan fingerprint density at radius 3 is 2.08 bits per heavy atom. The van der Waals surface area contributed by atoms with Gasteiger partial charge >= 0.3 is 12.5 Å². The Kier molecular flexibility index (Phi) is 4.72. The van der Waals surface area contributed by atoms with Gasteiger partial charge in [0.15, 0.2) is 0 Å². The lowest BCUT2D eigenvalue weighted by molar-refractivity contribution is -0.274. The maximum Gasteiger partial charge on any atom is 0.573 e. The van der Waals surface area contributed by atoms with Crippen molar-refractivity contribution in [1.82, 2.24) is 0 Å². The molecule has 0 saturated heterocycles. The van der Waals surface area contributed by atoms with E-state index in [2.05, 4.69) is 10.1 Å². The number of amides is 1. The molecule has 24 heavy (non-hydrogen) atoms. The smallest absolute Gasteiger partial charge is 0.406 e. The SMILES string of the molecule is O=C(Nc1cccc(C(F)(F)F)c1)c1ccc(OC(F)(F)F)cc1. The lowest BCUT2D eigenvalue weighted by atomic mass is 10.1. The molecule has 2 aromatic rings. The van der Waals surface area contributed by atoms with Gasteiger partial charge in [-0.2, -0.15) is 13.2 Å². The number of hydrogen-bond donors (Lipinski definition) is 1. The highest BCUT2D eigenvalue weighted by molar-refractivity contribution is 6.04. The molecule has 9 heteroatoms. The molecule has 2 rings (SSSR count). The normalized spacial score (nSPS) is 11.9. The Hall–Kier alpha value is -2.71. The van der Waals surface area contributed by atoms with Gasteiger partial charge in [0.2, 0.25) is 0 Å². The molecule has 128 valence electrons. The van der Waals surface area contributed by atoms with Crippen molar-refractivity contribution in [3.63, 3.8) is 0 Å². The molecule has 0 heterocycles. The van der Waals surface area contributed by atoms with Crippen molar-refractivity contribution in [3.8, 4) is 5.75 Å². The van der Waals surface area contributed by atoms with Crippen LogP contribution in [0.4, 0.5) is 32.0 Å². The molecule has 0 radical (unpaired) electrons. The van der Waals surface area contributed by atoms with E-state index in [0.717, 1.165) is 42.5 Å². The van der Waals surface area contributed by atoms with Crippen molar-refractivity contribution in [2.75, 3.05) is 5.32 Å². The molecule has 0 fully saturated rings. The number of hydrogen-bond acceptors (Lipinski definition) is 2. The first-order chi connectivity index (χ1) is 11.0. The molecule has 0 saturated carbocycles. The Morgan fingerprint density at radius 1 is 0.917 bits per heavy atom. The van der Waals surface area contributed by atoms with Crippen LogP contribution in [0.15, 0.2) is 48.5 Å². The lowest BCUT2D eigenvalue weighted by Crippen LogP contribution is -2.17. The predicted molar refractivity (Wildman–Crippen MR) is 72.5 cm³/mol. The molecule has 1 N–H and O–H groups in total. The molecule has 0 aromatic heterocycles. The average Bonchev–Trinajstić information content (AvgIpc) is 2.45. The summed E-state index contributed by atoms with van der Waals surface area (Å²) in [7, 11) is 0. The number of anilines is 1. The van der Waals surface area contributed by atoms with Crippen LogP contribution >= 0.6 is 0 Å². The Balaban J connectivity index is 2.10. The second-order valence-corrected chi connectivity index (χ2v) is 4.60. The summed E-state index contributed by atoms with van der Waals surface area (Å²) in [6.07, 6.45) is -9.42. The topological polar surface area (TPSA) is 38.3 Å². The summed E-state index contributed by atoms with van der Waals surface area (Å²) in [6, 6.07) is 7.95. The number of rotatable bonds is 3. The predicted octanol–water partition coefficient (Wildman–Crippen LogP) is 4.86. The van der Waals surface area contributed by atoms with E-state index in [9.17, 15) is 31.1 Å². The minimum absolute atomic E-state index is 0.0399. The zero-order valence-electron chi connectivity index (χ0n) is 11.7. The maximum atomic E-state index is 12.6. The standard InChI is InChI=1S/C15H9F6NO2/c16-14(17,18)10-2-1-3-11(8-10)22-13(23)9-4-6-12(7-5-9)24-15(19,20)21/h1-8H,(H,22,23). The van der Waals surface area contributed by atoms with Crippen LogP contribution in [0.1, 0.15) is 15.9 Å². The first-order valence-corrected chi connectivity index (χ1v) is 6.39. The van der Waals surface area contributed by atoms with Crippen LogP contribution < -0.4 is 10.1 Å². The molecule has 0 aliphatic rings. The highest BCUT2D eigenvalue weighted by Crippen LogP contribution is 2.30. The van der Waals surface area contributed by atoms with E-state index < -0.39 is 29.8 Å². The molecule has 0 spiro atoms. The number of ether oxygens (including phenoxy) is 1. The summed E-state index contributed by atoms with van der Waals surface area (Å²) in [5.74, 6) is -1.29. The van der Waals surface area contributed by atoms with Crippen LogP contribution in [0.2, 0.25) is 0 Å². The van der Waals surface area contributed by atoms with Gasteiger partial charge in [0.05, 0.1) is 5.56 Å². The van der Waals surface area contributed by atoms with E-state index >= 15 is 0 Å². The molecule has 0 bridgehead atoms. The van der Waals surface area contributed by atoms with E-state index in [1.807, 2.05) is 0 Å². The summed E-state index contributed by atoms with van der Waals surface area (Å²) in [6.45, 7) is 0. The number of halogens is 6. The first-order valence-electron chi connectivity index (χ1n) is 6.39. The van der Waals surface area contributed by atoms with Gasteiger partial charge in [0, 0.05) is 11.3 Å². The Labute approximate surface area is 131 Å². The van der Waals surface area contributed by atoms with Crippen molar-refractivity contribution in [3.05, 3.63) is 59.7 Å². The van der Waals surface area contributed by atoms with Gasteiger partial charge in [0.1, 0.15) is 5.75 Å². The van der Waals surface area contributed by atoms with Crippen LogP contribution in [-0.2, 0) is 6.18 Å². The molecular weight excluding hydrogens is 340 g/mol. The third-order valence-electron chi connectivity index (χ3n) is 2.80. The second kappa shape index (κ2) is 6.42. The van der Waals surface area contributed by atoms with Crippen LogP contribution in [0.25, 0.3) is 0 Å². The van der Waals surface area contributed by atoms with Crippen LogP contribution in [0.3, 0.4) is 0 Å². The van der Waals surface area contributed by atoms with E-state index in [-0.39, 0.29) is 11.3 Å². The van der Waals surface area contributed by atoms with Crippen molar-refractivity contribution < 1.29 is 35.9 Å². The second-order valence-electron chi connectivity index (χ2n) is 4.60. The Morgan fingerprint density at radius 2 is 1.54 bits per heavy atom. The number of carbonyl (C=O) groups is 1. The molecule has 0 unspecified atom stereocenters. The number of nitrogens with one attached hydrogen (secondary N) is 1. The minimum atomic E-state index is -4.86. The van der Waals surface area contributed by atoms with E-state index in [0.29, 0.717) is 0 Å². The minimum Gasteiger partial charge on any atom is -0.406 e. The van der Waals surface area contributed by atoms with Gasteiger partial charge in [-0.15, -0.1) is 13.2 Å². The first kappa shape index (κ1) is 17.6. The zero-order valence-corrected chi connectivity index (χ0v) is 11.7. The van der Waals surface area contributed by atoms with Crippen molar-refractivity contribution in [2.24, 2.45) is 0 Å². The molecule has 0 atom stereocenters. The average molecular weight is 349 g/mol. The molecule has 3 nitrogen and oxygen atoms in total. The fourth-order valence-corrected chi connectivity index (χ4v) is 1.78. The third kappa shape index (κ3) is 4.90. The fraction of sp³-hybridized carbons (Fsp3) is 0.133. The number of alkyl halides is 6. The van der Waals surface area contributed by atoms with Crippen molar-refractivity contribution in [1.29, 1.82) is 0 Å². The Bertz CT molecular complexity index is 722. The summed E-state index contributed by atoms with van der Waals surface area (Å²) < 4.78 is 77.5. The van der Waals surface area contributed by atoms with Gasteiger partial charge in [0.25, 0.3) is 5.91 Å². The largest absolute Gasteiger partial charge is 0.573 e. The van der Waals surface area contributed by atoms with Crippen LogP contribution in [0.5, 0.6) is 5.75 Å². The van der Waals surface area contributed by atoms with Gasteiger partial charge in [-0.1, -0.05) is 6.07 Å². The summed E-state index contributed by atoms with van der Waals surface area (Å²) in [4.78, 5) is 11.9. The molecule has 1 amide bonds. The number of carbonyl (C=O) groups excluding carboxylic acids is 1. The van der Waals surface area contributed by atoms with Gasteiger partial charge < -0.3 is 10.1 Å². The highest BCUT2D eigenvalue weighted by Gasteiger charge is 2.31. The molecule has 0 aliphatic heterocycles. The van der Waals surface area contributed by atoms with Gasteiger partial charge in [-0.05, 0) is 42.5 Å². The van der Waals surface area contributed by atoms with Crippen LogP contribution in [0, 0.1) is 0 Å². The molecule has 0 aliphatic carbocycles. The van der Waals surface area contributed by atoms with Gasteiger partial charge in [-0.3, -0.25) is 4.79 Å². The zero-order chi connectivity index (χ0) is 18.0. The third-order valence-corrected chi connectivity index (χ3v) is 2.80. The monoisotopic (exact) mass is 349 g/mol. The summed E-state index contributed by atoms with van der Waals surface area (Å²) in [5, 5.41) is 2.24. The van der Waals surface area contributed by atoms with E-state index in [4.69, 9.17) is 0 Å². The molecular formula is C15H9F6NO2. The quantitative estimate of drug-likeness (QED) is 0.804. The van der Waals surface area contributed by atoms with Crippen LogP contribution in [-0.4, -0.2) is 12.3 Å². The summed E-state index contributed by atoms with van der Waals surface area (Å²) in [5.41, 5.74) is -1.07. The summed E-state index contributed by atoms with van der Waals surface area (Å²) >= 11 is 0. The van der Waals surface area contributed by atoms with Crippen molar-refractivity contribution in [2.45, 2.75) is 12.5 Å². The lowest BCUT2D eigenvalue weighted by Gasteiger charge is -2.11. The maximum absolute atomic E-state index is 12.6. The fourth-order valence-electron chi connectivity index (χ4n) is 1.78. The highest BCUT2D eigenvalue weighted by atomic mass is 19.4. The van der Waals surface area contributed by atoms with Gasteiger partial charge in [-0.25, -0.2) is 0 Å². The van der Waals surface area contributed by atoms with Crippen molar-refractivity contribution >= 4 is 11.6 Å².